The van der Waals surface area contributed by atoms with Crippen LogP contribution in [0.4, 0.5) is 11.5 Å². The van der Waals surface area contributed by atoms with Crippen LogP contribution in [0, 0.1) is 6.92 Å². The molecule has 0 aromatic carbocycles. The molecule has 2 heterocycles. The monoisotopic (exact) mass is 258 g/mol. The topological polar surface area (TPSA) is 82.3 Å². The Labute approximate surface area is 104 Å². The van der Waals surface area contributed by atoms with E-state index in [1.54, 1.807) is 6.92 Å². The van der Waals surface area contributed by atoms with Crippen molar-refractivity contribution in [2.75, 3.05) is 37.4 Å². The third kappa shape index (κ3) is 3.18. The molecule has 3 N–H and O–H groups in total. The molecule has 1 unspecified atom stereocenters. The largest absolute Gasteiger partial charge is 0.394 e. The third-order valence-corrected chi connectivity index (χ3v) is 2.66. The van der Waals surface area contributed by atoms with Gasteiger partial charge in [0.05, 0.1) is 37.3 Å². The van der Waals surface area contributed by atoms with Crippen LogP contribution in [-0.4, -0.2) is 42.4 Å². The molecular formula is C10H15ClN4O2. The van der Waals surface area contributed by atoms with E-state index in [2.05, 4.69) is 15.3 Å². The number of nitrogens with one attached hydrogen (secondary N) is 1. The number of anilines is 2. The zero-order valence-corrected chi connectivity index (χ0v) is 10.3. The van der Waals surface area contributed by atoms with Crippen molar-refractivity contribution in [3.05, 3.63) is 11.0 Å². The predicted octanol–water partition coefficient (Wildman–Crippen LogP) is 0.848. The minimum absolute atomic E-state index is 0.0113. The molecule has 1 aliphatic rings. The summed E-state index contributed by atoms with van der Waals surface area (Å²) in [5.74, 6) is 0.539. The van der Waals surface area contributed by atoms with Crippen molar-refractivity contribution in [3.63, 3.8) is 0 Å². The molecule has 0 aliphatic carbocycles. The van der Waals surface area contributed by atoms with Gasteiger partial charge in [-0.3, -0.25) is 0 Å². The molecule has 0 spiro atoms. The van der Waals surface area contributed by atoms with E-state index < -0.39 is 0 Å². The van der Waals surface area contributed by atoms with Gasteiger partial charge in [-0.15, -0.1) is 0 Å². The Kier molecular flexibility index (Phi) is 3.98. The Morgan fingerprint density at radius 1 is 1.47 bits per heavy atom. The number of aryl methyl sites for hydroxylation is 1. The standard InChI is InChI=1S/C10H15ClN4O2/c1-6-8(12)9(15-10(11)14-6)13-4-7-5-16-2-3-17-7/h7H,2-5,12H2,1H3,(H,13,14,15). The highest BCUT2D eigenvalue weighted by molar-refractivity contribution is 6.28. The Bertz CT molecular complexity index is 396. The van der Waals surface area contributed by atoms with E-state index in [0.29, 0.717) is 43.6 Å². The van der Waals surface area contributed by atoms with E-state index in [-0.39, 0.29) is 11.4 Å². The number of ether oxygens (including phenoxy) is 2. The third-order valence-electron chi connectivity index (χ3n) is 2.49. The summed E-state index contributed by atoms with van der Waals surface area (Å²) in [5, 5.41) is 3.28. The number of nitrogen functional groups attached to an aromatic ring is 1. The number of nitrogens with zero attached hydrogens (tertiary/aromatic N) is 2. The second-order valence-electron chi connectivity index (χ2n) is 3.79. The first kappa shape index (κ1) is 12.3. The molecule has 2 rings (SSSR count). The highest BCUT2D eigenvalue weighted by Gasteiger charge is 2.15. The summed E-state index contributed by atoms with van der Waals surface area (Å²) in [4.78, 5) is 8.00. The van der Waals surface area contributed by atoms with Crippen molar-refractivity contribution >= 4 is 23.1 Å². The maximum Gasteiger partial charge on any atom is 0.224 e. The first-order valence-corrected chi connectivity index (χ1v) is 5.77. The fourth-order valence-corrected chi connectivity index (χ4v) is 1.76. The number of aromatic nitrogens is 2. The van der Waals surface area contributed by atoms with Crippen LogP contribution in [0.15, 0.2) is 0 Å². The van der Waals surface area contributed by atoms with Gasteiger partial charge in [-0.05, 0) is 18.5 Å². The van der Waals surface area contributed by atoms with Crippen LogP contribution in [0.2, 0.25) is 5.28 Å². The Balaban J connectivity index is 1.98. The number of hydrogen-bond acceptors (Lipinski definition) is 6. The van der Waals surface area contributed by atoms with Crippen LogP contribution in [-0.2, 0) is 9.47 Å². The molecule has 0 radical (unpaired) electrons. The fraction of sp³-hybridized carbons (Fsp3) is 0.600. The molecule has 1 saturated heterocycles. The van der Waals surface area contributed by atoms with Gasteiger partial charge in [0.25, 0.3) is 0 Å². The summed E-state index contributed by atoms with van der Waals surface area (Å²) in [7, 11) is 0. The molecule has 1 fully saturated rings. The summed E-state index contributed by atoms with van der Waals surface area (Å²) in [6, 6.07) is 0. The summed E-state index contributed by atoms with van der Waals surface area (Å²) < 4.78 is 10.8. The highest BCUT2D eigenvalue weighted by atomic mass is 35.5. The number of hydrogen-bond donors (Lipinski definition) is 2. The number of nitrogens with two attached hydrogens (primary N) is 1. The molecule has 17 heavy (non-hydrogen) atoms. The van der Waals surface area contributed by atoms with Crippen molar-refractivity contribution in [1.29, 1.82) is 0 Å². The van der Waals surface area contributed by atoms with Gasteiger partial charge in [0, 0.05) is 6.54 Å². The van der Waals surface area contributed by atoms with E-state index in [1.807, 2.05) is 0 Å². The Morgan fingerprint density at radius 3 is 3.00 bits per heavy atom. The number of halogens is 1. The first-order valence-electron chi connectivity index (χ1n) is 5.39. The Morgan fingerprint density at radius 2 is 2.29 bits per heavy atom. The normalized spacial score (nSPS) is 20.2. The van der Waals surface area contributed by atoms with Crippen LogP contribution in [0.5, 0.6) is 0 Å². The summed E-state index contributed by atoms with van der Waals surface area (Å²) in [6.07, 6.45) is 0.0113. The van der Waals surface area contributed by atoms with Crippen molar-refractivity contribution in [3.8, 4) is 0 Å². The predicted molar refractivity (Wildman–Crippen MR) is 65.2 cm³/mol. The average Bonchev–Trinajstić information content (AvgIpc) is 2.33. The molecule has 7 heteroatoms. The van der Waals surface area contributed by atoms with Gasteiger partial charge < -0.3 is 20.5 Å². The zero-order valence-electron chi connectivity index (χ0n) is 9.57. The second kappa shape index (κ2) is 5.48. The van der Waals surface area contributed by atoms with E-state index in [9.17, 15) is 0 Å². The van der Waals surface area contributed by atoms with Crippen molar-refractivity contribution < 1.29 is 9.47 Å². The number of rotatable bonds is 3. The SMILES string of the molecule is Cc1nc(Cl)nc(NCC2COCCO2)c1N. The molecule has 94 valence electrons. The van der Waals surface area contributed by atoms with Crippen LogP contribution in [0.3, 0.4) is 0 Å². The van der Waals surface area contributed by atoms with Crippen LogP contribution < -0.4 is 11.1 Å². The minimum atomic E-state index is 0.0113. The Hall–Kier alpha value is -1.11. The quantitative estimate of drug-likeness (QED) is 0.782. The summed E-state index contributed by atoms with van der Waals surface area (Å²) in [6.45, 7) is 4.21. The highest BCUT2D eigenvalue weighted by Crippen LogP contribution is 2.20. The van der Waals surface area contributed by atoms with E-state index in [4.69, 9.17) is 26.8 Å². The van der Waals surface area contributed by atoms with E-state index >= 15 is 0 Å². The molecule has 0 amide bonds. The smallest absolute Gasteiger partial charge is 0.224 e. The van der Waals surface area contributed by atoms with Gasteiger partial charge in [-0.25, -0.2) is 4.98 Å². The maximum atomic E-state index is 5.85. The lowest BCUT2D eigenvalue weighted by molar-refractivity contribution is -0.0819. The van der Waals surface area contributed by atoms with Gasteiger partial charge >= 0.3 is 0 Å². The average molecular weight is 259 g/mol. The molecule has 6 nitrogen and oxygen atoms in total. The van der Waals surface area contributed by atoms with Gasteiger partial charge in [0.15, 0.2) is 5.82 Å². The van der Waals surface area contributed by atoms with Crippen molar-refractivity contribution in [2.45, 2.75) is 13.0 Å². The molecule has 1 aliphatic heterocycles. The van der Waals surface area contributed by atoms with Gasteiger partial charge in [-0.1, -0.05) is 0 Å². The minimum Gasteiger partial charge on any atom is -0.394 e. The lowest BCUT2D eigenvalue weighted by atomic mass is 10.3. The molecular weight excluding hydrogens is 244 g/mol. The molecule has 0 bridgehead atoms. The first-order chi connectivity index (χ1) is 8.16. The van der Waals surface area contributed by atoms with Gasteiger partial charge in [-0.2, -0.15) is 4.98 Å². The summed E-state index contributed by atoms with van der Waals surface area (Å²) in [5.41, 5.74) is 7.02. The molecule has 1 atom stereocenters. The summed E-state index contributed by atoms with van der Waals surface area (Å²) >= 11 is 5.77. The van der Waals surface area contributed by atoms with Gasteiger partial charge in [0.1, 0.15) is 0 Å². The molecule has 1 aromatic rings. The fourth-order valence-electron chi connectivity index (χ4n) is 1.55. The second-order valence-corrected chi connectivity index (χ2v) is 4.13. The zero-order chi connectivity index (χ0) is 12.3. The van der Waals surface area contributed by atoms with Crippen molar-refractivity contribution in [2.24, 2.45) is 0 Å². The molecule has 0 saturated carbocycles. The van der Waals surface area contributed by atoms with Crippen LogP contribution in [0.25, 0.3) is 0 Å². The lowest BCUT2D eigenvalue weighted by Gasteiger charge is -2.23. The lowest BCUT2D eigenvalue weighted by Crippen LogP contribution is -2.34. The van der Waals surface area contributed by atoms with Crippen LogP contribution in [0.1, 0.15) is 5.69 Å². The van der Waals surface area contributed by atoms with E-state index in [0.717, 1.165) is 0 Å². The van der Waals surface area contributed by atoms with Crippen LogP contribution >= 0.6 is 11.6 Å². The van der Waals surface area contributed by atoms with Gasteiger partial charge in [0.2, 0.25) is 5.28 Å². The van der Waals surface area contributed by atoms with E-state index in [1.165, 1.54) is 0 Å². The molecule has 1 aromatic heterocycles. The maximum absolute atomic E-state index is 5.85. The van der Waals surface area contributed by atoms with Crippen molar-refractivity contribution in [1.82, 2.24) is 9.97 Å².